The fourth-order valence-corrected chi connectivity index (χ4v) is 4.70. The number of carbonyl (C=O) groups excluding carboxylic acids is 2. The Balaban J connectivity index is 1.42. The number of nitrogens with one attached hydrogen (secondary N) is 2. The molecule has 2 fully saturated rings. The average molecular weight is 392 g/mol. The minimum Gasteiger partial charge on any atom is -0.349 e. The molecule has 2 heterocycles. The van der Waals surface area contributed by atoms with Crippen LogP contribution < -0.4 is 10.6 Å². The van der Waals surface area contributed by atoms with E-state index in [0.717, 1.165) is 48.9 Å². The van der Waals surface area contributed by atoms with Gasteiger partial charge in [0.25, 0.3) is 5.91 Å². The van der Waals surface area contributed by atoms with Crippen molar-refractivity contribution in [2.75, 3.05) is 5.32 Å². The summed E-state index contributed by atoms with van der Waals surface area (Å²) in [7, 11) is 0. The van der Waals surface area contributed by atoms with E-state index in [2.05, 4.69) is 10.6 Å². The summed E-state index contributed by atoms with van der Waals surface area (Å²) in [5.74, 6) is -0.0223. The van der Waals surface area contributed by atoms with Crippen LogP contribution >= 0.6 is 0 Å². The van der Waals surface area contributed by atoms with Crippen molar-refractivity contribution in [3.63, 3.8) is 0 Å². The van der Waals surface area contributed by atoms with Gasteiger partial charge in [-0.25, -0.2) is 4.79 Å². The molecule has 0 radical (unpaired) electrons. The Morgan fingerprint density at radius 3 is 2.24 bits per heavy atom. The van der Waals surface area contributed by atoms with Crippen molar-refractivity contribution < 1.29 is 9.59 Å². The molecule has 0 saturated carbocycles. The van der Waals surface area contributed by atoms with Gasteiger partial charge < -0.3 is 15.5 Å². The van der Waals surface area contributed by atoms with E-state index in [1.807, 2.05) is 67.3 Å². The topological polar surface area (TPSA) is 61.4 Å². The van der Waals surface area contributed by atoms with E-state index in [-0.39, 0.29) is 30.1 Å². The number of hydrogen-bond donors (Lipinski definition) is 2. The third-order valence-corrected chi connectivity index (χ3v) is 6.24. The van der Waals surface area contributed by atoms with Gasteiger partial charge in [0.15, 0.2) is 0 Å². The average Bonchev–Trinajstić information content (AvgIpc) is 2.69. The first-order chi connectivity index (χ1) is 14.0. The predicted molar refractivity (Wildman–Crippen MR) is 115 cm³/mol. The van der Waals surface area contributed by atoms with Crippen molar-refractivity contribution in [3.8, 4) is 0 Å². The zero-order valence-corrected chi connectivity index (χ0v) is 17.2. The summed E-state index contributed by atoms with van der Waals surface area (Å²) in [6.07, 6.45) is 4.76. The smallest absolute Gasteiger partial charge is 0.322 e. The number of carbonyl (C=O) groups is 2. The van der Waals surface area contributed by atoms with Gasteiger partial charge in [-0.15, -0.1) is 0 Å². The number of rotatable bonds is 3. The highest BCUT2D eigenvalue weighted by molar-refractivity contribution is 5.94. The molecule has 2 atom stereocenters. The number of fused-ring (bicyclic) bond motifs is 2. The second-order valence-electron chi connectivity index (χ2n) is 8.40. The quantitative estimate of drug-likeness (QED) is 0.800. The van der Waals surface area contributed by atoms with Crippen LogP contribution in [-0.4, -0.2) is 35.0 Å². The summed E-state index contributed by atoms with van der Waals surface area (Å²) < 4.78 is 0. The number of nitrogens with zero attached hydrogens (tertiary/aromatic N) is 1. The molecule has 2 aromatic carbocycles. The normalized spacial score (nSPS) is 23.4. The van der Waals surface area contributed by atoms with Crippen molar-refractivity contribution in [1.29, 1.82) is 0 Å². The van der Waals surface area contributed by atoms with Gasteiger partial charge in [-0.3, -0.25) is 4.79 Å². The Bertz CT molecular complexity index is 879. The highest BCUT2D eigenvalue weighted by Gasteiger charge is 2.41. The summed E-state index contributed by atoms with van der Waals surface area (Å²) in [6, 6.07) is 16.0. The van der Waals surface area contributed by atoms with Gasteiger partial charge in [-0.05, 0) is 69.7 Å². The molecule has 0 unspecified atom stereocenters. The number of para-hydroxylation sites is 1. The van der Waals surface area contributed by atoms with Gasteiger partial charge >= 0.3 is 6.03 Å². The molecule has 2 N–H and O–H groups in total. The van der Waals surface area contributed by atoms with E-state index in [1.54, 1.807) is 0 Å². The van der Waals surface area contributed by atoms with Crippen LogP contribution in [0.5, 0.6) is 0 Å². The lowest BCUT2D eigenvalue weighted by Gasteiger charge is -2.48. The molecule has 2 saturated heterocycles. The van der Waals surface area contributed by atoms with Crippen molar-refractivity contribution in [1.82, 2.24) is 10.2 Å². The zero-order valence-electron chi connectivity index (χ0n) is 17.2. The molecule has 2 bridgehead atoms. The van der Waals surface area contributed by atoms with E-state index in [0.29, 0.717) is 5.56 Å². The van der Waals surface area contributed by atoms with E-state index in [1.165, 1.54) is 0 Å². The number of anilines is 1. The van der Waals surface area contributed by atoms with Gasteiger partial charge in [0.2, 0.25) is 0 Å². The third kappa shape index (κ3) is 4.29. The molecule has 0 spiro atoms. The van der Waals surface area contributed by atoms with Crippen LogP contribution in [0.4, 0.5) is 10.5 Å². The van der Waals surface area contributed by atoms with E-state index in [4.69, 9.17) is 0 Å². The maximum absolute atomic E-state index is 13.0. The molecule has 5 heteroatoms. The summed E-state index contributed by atoms with van der Waals surface area (Å²) in [4.78, 5) is 27.7. The van der Waals surface area contributed by atoms with Crippen molar-refractivity contribution in [3.05, 3.63) is 65.2 Å². The van der Waals surface area contributed by atoms with E-state index in [9.17, 15) is 9.59 Å². The Hall–Kier alpha value is -2.82. The number of benzene rings is 2. The lowest BCUT2D eigenvalue weighted by molar-refractivity contribution is 0.0577. The predicted octanol–water partition coefficient (Wildman–Crippen LogP) is 4.65. The summed E-state index contributed by atoms with van der Waals surface area (Å²) >= 11 is 0. The largest absolute Gasteiger partial charge is 0.349 e. The zero-order chi connectivity index (χ0) is 20.4. The lowest BCUT2D eigenvalue weighted by Crippen LogP contribution is -2.59. The Labute approximate surface area is 172 Å². The highest BCUT2D eigenvalue weighted by atomic mass is 16.2. The minimum atomic E-state index is -0.0223. The molecule has 3 amide bonds. The maximum Gasteiger partial charge on any atom is 0.322 e. The van der Waals surface area contributed by atoms with Crippen LogP contribution in [0.1, 0.15) is 53.6 Å². The maximum atomic E-state index is 13.0. The van der Waals surface area contributed by atoms with Gasteiger partial charge in [0.05, 0.1) is 0 Å². The number of aryl methyl sites for hydroxylation is 2. The van der Waals surface area contributed by atoms with Gasteiger partial charge in [-0.1, -0.05) is 35.9 Å². The fraction of sp³-hybridized carbons (Fsp3) is 0.417. The van der Waals surface area contributed by atoms with Crippen LogP contribution in [-0.2, 0) is 0 Å². The van der Waals surface area contributed by atoms with Crippen molar-refractivity contribution >= 4 is 17.6 Å². The number of urea groups is 1. The number of amides is 3. The third-order valence-electron chi connectivity index (χ3n) is 6.24. The number of piperidine rings is 2. The summed E-state index contributed by atoms with van der Waals surface area (Å²) in [5, 5.41) is 6.30. The first-order valence-electron chi connectivity index (χ1n) is 10.5. The molecule has 2 aliphatic rings. The number of hydrogen-bond acceptors (Lipinski definition) is 2. The fourth-order valence-electron chi connectivity index (χ4n) is 4.70. The van der Waals surface area contributed by atoms with Crippen molar-refractivity contribution in [2.45, 2.75) is 64.1 Å². The van der Waals surface area contributed by atoms with Crippen LogP contribution in [0.15, 0.2) is 48.5 Å². The van der Waals surface area contributed by atoms with Gasteiger partial charge in [0, 0.05) is 29.4 Å². The Kier molecular flexibility index (Phi) is 5.56. The van der Waals surface area contributed by atoms with Crippen LogP contribution in [0, 0.1) is 13.8 Å². The molecule has 152 valence electrons. The standard InChI is InChI=1S/C24H29N3O2/c1-16-10-12-18(13-11-16)23(28)25-19-14-20-7-5-8-21(15-19)27(20)24(29)26-22-9-4-3-6-17(22)2/h3-4,6,9-13,19-21H,5,7-8,14-15H2,1-2H3,(H,25,28)(H,26,29)/t20-,21-/m1/s1. The Morgan fingerprint density at radius 1 is 0.931 bits per heavy atom. The molecule has 2 aromatic rings. The second kappa shape index (κ2) is 8.27. The van der Waals surface area contributed by atoms with Gasteiger partial charge in [-0.2, -0.15) is 0 Å². The Morgan fingerprint density at radius 2 is 1.59 bits per heavy atom. The monoisotopic (exact) mass is 391 g/mol. The van der Waals surface area contributed by atoms with Crippen LogP contribution in [0.25, 0.3) is 0 Å². The van der Waals surface area contributed by atoms with Crippen LogP contribution in [0.3, 0.4) is 0 Å². The van der Waals surface area contributed by atoms with Crippen LogP contribution in [0.2, 0.25) is 0 Å². The highest BCUT2D eigenvalue weighted by Crippen LogP contribution is 2.35. The van der Waals surface area contributed by atoms with E-state index >= 15 is 0 Å². The second-order valence-corrected chi connectivity index (χ2v) is 8.40. The molecule has 0 aromatic heterocycles. The van der Waals surface area contributed by atoms with Gasteiger partial charge in [0.1, 0.15) is 0 Å². The molecular formula is C24H29N3O2. The molecular weight excluding hydrogens is 362 g/mol. The molecule has 0 aliphatic carbocycles. The van der Waals surface area contributed by atoms with Crippen molar-refractivity contribution in [2.24, 2.45) is 0 Å². The van der Waals surface area contributed by atoms with E-state index < -0.39 is 0 Å². The first-order valence-corrected chi connectivity index (χ1v) is 10.5. The first kappa shape index (κ1) is 19.5. The summed E-state index contributed by atoms with van der Waals surface area (Å²) in [6.45, 7) is 4.02. The molecule has 2 aliphatic heterocycles. The molecule has 4 rings (SSSR count). The molecule has 29 heavy (non-hydrogen) atoms. The molecule has 5 nitrogen and oxygen atoms in total. The SMILES string of the molecule is Cc1ccc(C(=O)NC2C[C@H]3CCC[C@H](C2)N3C(=O)Nc2ccccc2C)cc1. The minimum absolute atomic E-state index is 0.0164. The lowest BCUT2D eigenvalue weighted by atomic mass is 9.82. The summed E-state index contributed by atoms with van der Waals surface area (Å²) in [5.41, 5.74) is 3.76.